The van der Waals surface area contributed by atoms with Gasteiger partial charge in [-0.2, -0.15) is 0 Å². The van der Waals surface area contributed by atoms with Crippen molar-refractivity contribution >= 4 is 21.5 Å². The predicted octanol–water partition coefficient (Wildman–Crippen LogP) is 4.45. The van der Waals surface area contributed by atoms with Gasteiger partial charge in [0.15, 0.2) is 0 Å². The van der Waals surface area contributed by atoms with E-state index in [4.69, 9.17) is 0 Å². The van der Waals surface area contributed by atoms with Crippen molar-refractivity contribution in [3.63, 3.8) is 0 Å². The monoisotopic (exact) mass is 256 g/mol. The highest BCUT2D eigenvalue weighted by Crippen LogP contribution is 2.30. The lowest BCUT2D eigenvalue weighted by atomic mass is 9.98. The summed E-state index contributed by atoms with van der Waals surface area (Å²) in [5, 5.41) is 4.78. The van der Waals surface area contributed by atoms with Crippen molar-refractivity contribution in [2.45, 2.75) is 0 Å². The van der Waals surface area contributed by atoms with Gasteiger partial charge in [0.1, 0.15) is 0 Å². The van der Waals surface area contributed by atoms with Crippen LogP contribution in [-0.2, 0) is 0 Å². The van der Waals surface area contributed by atoms with Crippen molar-refractivity contribution in [1.82, 2.24) is 9.97 Å². The molecule has 2 aromatic heterocycles. The largest absolute Gasteiger partial charge is 0.264 e. The summed E-state index contributed by atoms with van der Waals surface area (Å²) in [6, 6.07) is 16.9. The van der Waals surface area contributed by atoms with Gasteiger partial charge in [0.05, 0.1) is 0 Å². The van der Waals surface area contributed by atoms with Gasteiger partial charge >= 0.3 is 0 Å². The minimum Gasteiger partial charge on any atom is -0.264 e. The molecule has 4 aromatic rings. The van der Waals surface area contributed by atoms with Crippen molar-refractivity contribution in [3.8, 4) is 11.1 Å². The zero-order chi connectivity index (χ0) is 13.4. The van der Waals surface area contributed by atoms with Crippen LogP contribution in [-0.4, -0.2) is 9.97 Å². The van der Waals surface area contributed by atoms with Crippen LogP contribution in [0.4, 0.5) is 0 Å². The number of fused-ring (bicyclic) bond motifs is 2. The van der Waals surface area contributed by atoms with Crippen molar-refractivity contribution in [2.24, 2.45) is 0 Å². The minimum absolute atomic E-state index is 1.16. The van der Waals surface area contributed by atoms with E-state index in [1.54, 1.807) is 0 Å². The van der Waals surface area contributed by atoms with Crippen molar-refractivity contribution < 1.29 is 0 Å². The first-order valence-corrected chi connectivity index (χ1v) is 6.59. The van der Waals surface area contributed by atoms with Gasteiger partial charge in [-0.15, -0.1) is 0 Å². The third-order valence-corrected chi connectivity index (χ3v) is 3.63. The Balaban J connectivity index is 2.01. The van der Waals surface area contributed by atoms with E-state index in [2.05, 4.69) is 52.4 Å². The van der Waals surface area contributed by atoms with E-state index in [0.717, 1.165) is 5.39 Å². The molecular formula is C18H12N2. The molecule has 2 aromatic carbocycles. The van der Waals surface area contributed by atoms with E-state index in [-0.39, 0.29) is 0 Å². The van der Waals surface area contributed by atoms with Crippen molar-refractivity contribution in [2.75, 3.05) is 0 Å². The fourth-order valence-corrected chi connectivity index (χ4v) is 2.63. The first-order valence-electron chi connectivity index (χ1n) is 6.59. The van der Waals surface area contributed by atoms with E-state index >= 15 is 0 Å². The topological polar surface area (TPSA) is 25.8 Å². The summed E-state index contributed by atoms with van der Waals surface area (Å²) in [4.78, 5) is 8.35. The average Bonchev–Trinajstić information content (AvgIpc) is 2.54. The normalized spacial score (nSPS) is 11.0. The van der Waals surface area contributed by atoms with Crippen LogP contribution in [0.25, 0.3) is 32.7 Å². The Kier molecular flexibility index (Phi) is 2.46. The number of rotatable bonds is 1. The molecule has 0 radical (unpaired) electrons. The molecule has 2 heteroatoms. The second-order valence-electron chi connectivity index (χ2n) is 4.84. The van der Waals surface area contributed by atoms with Gasteiger partial charge in [0.2, 0.25) is 0 Å². The van der Waals surface area contributed by atoms with Crippen molar-refractivity contribution in [1.29, 1.82) is 0 Å². The number of hydrogen-bond acceptors (Lipinski definition) is 2. The summed E-state index contributed by atoms with van der Waals surface area (Å²) in [6.07, 6.45) is 7.48. The lowest BCUT2D eigenvalue weighted by molar-refractivity contribution is 1.36. The highest BCUT2D eigenvalue weighted by atomic mass is 14.6. The fraction of sp³-hybridized carbons (Fsp3) is 0. The quantitative estimate of drug-likeness (QED) is 0.503. The average molecular weight is 256 g/mol. The molecule has 0 fully saturated rings. The molecule has 0 aliphatic carbocycles. The number of nitrogens with zero attached hydrogens (tertiary/aromatic N) is 2. The maximum atomic E-state index is 4.19. The molecule has 0 aliphatic rings. The van der Waals surface area contributed by atoms with Gasteiger partial charge in [0.25, 0.3) is 0 Å². The first kappa shape index (κ1) is 11.1. The van der Waals surface area contributed by atoms with Crippen LogP contribution in [0.2, 0.25) is 0 Å². The predicted molar refractivity (Wildman–Crippen MR) is 82.5 cm³/mol. The number of aromatic nitrogens is 2. The minimum atomic E-state index is 1.16. The smallest absolute Gasteiger partial charge is 0.0346 e. The lowest BCUT2D eigenvalue weighted by Crippen LogP contribution is -1.83. The third-order valence-electron chi connectivity index (χ3n) is 3.63. The van der Waals surface area contributed by atoms with Crippen LogP contribution in [0, 0.1) is 0 Å². The van der Waals surface area contributed by atoms with Gasteiger partial charge in [-0.3, -0.25) is 9.97 Å². The zero-order valence-electron chi connectivity index (χ0n) is 10.8. The number of pyridine rings is 2. The van der Waals surface area contributed by atoms with Crippen LogP contribution < -0.4 is 0 Å². The molecule has 20 heavy (non-hydrogen) atoms. The standard InChI is InChI=1S/C18H12N2/c1-2-16-12-20-9-7-18(16)17(3-1)14-4-5-15-11-19-8-6-13(15)10-14/h1-12H. The molecule has 0 unspecified atom stereocenters. The molecule has 2 heterocycles. The third kappa shape index (κ3) is 1.74. The molecule has 94 valence electrons. The Morgan fingerprint density at radius 2 is 1.50 bits per heavy atom. The molecule has 2 nitrogen and oxygen atoms in total. The Labute approximate surface area is 116 Å². The Morgan fingerprint density at radius 3 is 2.45 bits per heavy atom. The molecule has 0 saturated carbocycles. The Bertz CT molecular complexity index is 908. The molecule has 4 rings (SSSR count). The highest BCUT2D eigenvalue weighted by molar-refractivity contribution is 5.98. The molecule has 0 N–H and O–H groups in total. The summed E-state index contributed by atoms with van der Waals surface area (Å²) in [5.41, 5.74) is 2.46. The van der Waals surface area contributed by atoms with Gasteiger partial charge in [0, 0.05) is 35.6 Å². The highest BCUT2D eigenvalue weighted by Gasteiger charge is 2.04. The van der Waals surface area contributed by atoms with E-state index < -0.39 is 0 Å². The maximum Gasteiger partial charge on any atom is 0.0346 e. The van der Waals surface area contributed by atoms with Gasteiger partial charge in [-0.25, -0.2) is 0 Å². The second kappa shape index (κ2) is 4.42. The van der Waals surface area contributed by atoms with Crippen LogP contribution in [0.5, 0.6) is 0 Å². The van der Waals surface area contributed by atoms with E-state index in [0.29, 0.717) is 0 Å². The molecular weight excluding hydrogens is 244 g/mol. The molecule has 0 spiro atoms. The molecule has 0 amide bonds. The SMILES string of the molecule is c1cc(-c2ccc3cnccc3c2)c2ccncc2c1. The zero-order valence-corrected chi connectivity index (χ0v) is 10.8. The maximum absolute atomic E-state index is 4.19. The lowest BCUT2D eigenvalue weighted by Gasteiger charge is -2.07. The summed E-state index contributed by atoms with van der Waals surface area (Å²) in [6.45, 7) is 0. The van der Waals surface area contributed by atoms with Crippen LogP contribution in [0.3, 0.4) is 0 Å². The summed E-state index contributed by atoms with van der Waals surface area (Å²) >= 11 is 0. The first-order chi connectivity index (χ1) is 9.92. The van der Waals surface area contributed by atoms with Crippen molar-refractivity contribution in [3.05, 3.63) is 73.3 Å². The van der Waals surface area contributed by atoms with E-state index in [1.165, 1.54) is 27.3 Å². The summed E-state index contributed by atoms with van der Waals surface area (Å²) in [5.74, 6) is 0. The number of hydrogen-bond donors (Lipinski definition) is 0. The Hall–Kier alpha value is -2.74. The van der Waals surface area contributed by atoms with Crippen LogP contribution in [0.15, 0.2) is 73.3 Å². The fourth-order valence-electron chi connectivity index (χ4n) is 2.63. The van der Waals surface area contributed by atoms with Gasteiger partial charge < -0.3 is 0 Å². The Morgan fingerprint density at radius 1 is 0.650 bits per heavy atom. The molecule has 0 saturated heterocycles. The summed E-state index contributed by atoms with van der Waals surface area (Å²) < 4.78 is 0. The second-order valence-corrected chi connectivity index (χ2v) is 4.84. The van der Waals surface area contributed by atoms with Crippen LogP contribution >= 0.6 is 0 Å². The van der Waals surface area contributed by atoms with Gasteiger partial charge in [-0.05, 0) is 40.1 Å². The van der Waals surface area contributed by atoms with E-state index in [9.17, 15) is 0 Å². The molecule has 0 bridgehead atoms. The number of benzene rings is 2. The van der Waals surface area contributed by atoms with Crippen LogP contribution in [0.1, 0.15) is 0 Å². The van der Waals surface area contributed by atoms with Gasteiger partial charge in [-0.1, -0.05) is 30.3 Å². The molecule has 0 atom stereocenters. The molecule has 0 aliphatic heterocycles. The van der Waals surface area contributed by atoms with E-state index in [1.807, 2.05) is 30.9 Å². The summed E-state index contributed by atoms with van der Waals surface area (Å²) in [7, 11) is 0.